The summed E-state index contributed by atoms with van der Waals surface area (Å²) in [4.78, 5) is 98.6. The SMILES string of the molecule is CC[C@H](C)[C@H](N)C(=O)N[C@@H](Cc1c[nH]c2ccccc12)C(=O)N[C@@H](CC(C)C)C(=O)NCC(=O)N[C@H](C(=O)N[C@H](C(=O)N[C@@H](CCCN=C(N)N)C(=O)O)[C@@H](C)O)[C@@H](C)O. The minimum Gasteiger partial charge on any atom is -0.480 e. The number of carbonyl (C=O) groups excluding carboxylic acids is 6. The Kier molecular flexibility index (Phi) is 20.4. The number of aliphatic imine (C=N–C) groups is 1. The van der Waals surface area contributed by atoms with Crippen molar-refractivity contribution in [3.8, 4) is 0 Å². The first-order valence-corrected chi connectivity index (χ1v) is 19.9. The Morgan fingerprint density at radius 2 is 1.35 bits per heavy atom. The molecule has 1 heterocycles. The van der Waals surface area contributed by atoms with Crippen molar-refractivity contribution in [3.05, 3.63) is 36.0 Å². The maximum atomic E-state index is 13.9. The van der Waals surface area contributed by atoms with E-state index in [0.29, 0.717) is 6.42 Å². The average Bonchev–Trinajstić information content (AvgIpc) is 3.59. The summed E-state index contributed by atoms with van der Waals surface area (Å²) in [6.07, 6.45) is -0.444. The van der Waals surface area contributed by atoms with Crippen molar-refractivity contribution < 1.29 is 48.9 Å². The number of aliphatic hydroxyl groups excluding tert-OH is 2. The van der Waals surface area contributed by atoms with Crippen molar-refractivity contribution in [2.45, 2.75) is 122 Å². The first-order valence-electron chi connectivity index (χ1n) is 19.9. The highest BCUT2D eigenvalue weighted by molar-refractivity contribution is 5.97. The summed E-state index contributed by atoms with van der Waals surface area (Å²) < 4.78 is 0. The lowest BCUT2D eigenvalue weighted by Crippen LogP contribution is -2.61. The number of guanidine groups is 1. The molecular weight excluding hydrogens is 782 g/mol. The van der Waals surface area contributed by atoms with Crippen LogP contribution in [0.25, 0.3) is 10.9 Å². The molecule has 21 heteroatoms. The fourth-order valence-electron chi connectivity index (χ4n) is 6.08. The van der Waals surface area contributed by atoms with Crippen LogP contribution in [0, 0.1) is 11.8 Å². The number of fused-ring (bicyclic) bond motifs is 1. The van der Waals surface area contributed by atoms with Crippen LogP contribution in [0.3, 0.4) is 0 Å². The van der Waals surface area contributed by atoms with E-state index in [2.05, 4.69) is 41.9 Å². The van der Waals surface area contributed by atoms with Gasteiger partial charge in [0.15, 0.2) is 5.96 Å². The number of H-pyrrole nitrogens is 1. The molecular formula is C39H63N11O10. The molecule has 2 rings (SSSR count). The van der Waals surface area contributed by atoms with Crippen LogP contribution in [0.15, 0.2) is 35.5 Å². The number of nitrogens with zero attached hydrogens (tertiary/aromatic N) is 1. The van der Waals surface area contributed by atoms with Gasteiger partial charge in [-0.2, -0.15) is 0 Å². The van der Waals surface area contributed by atoms with Crippen molar-refractivity contribution in [1.82, 2.24) is 36.9 Å². The lowest BCUT2D eigenvalue weighted by molar-refractivity contribution is -0.143. The first-order chi connectivity index (χ1) is 28.2. The van der Waals surface area contributed by atoms with Crippen molar-refractivity contribution in [2.75, 3.05) is 13.1 Å². The standard InChI is InChI=1S/C39H63N11O10/c1-7-20(4)30(40)35(56)48-28(16-23-17-44-25-12-9-8-11-24(23)25)34(55)47-27(15-19(2)3)33(54)45-18-29(53)49-31(21(5)51)37(58)50-32(22(6)52)36(57)46-26(38(59)60)13-10-14-43-39(41)42/h8-9,11-12,17,19-22,26-28,30-32,44,51-52H,7,10,13-16,18,40H2,1-6H3,(H,45,54)(H,46,57)(H,47,55)(H,48,56)(H,49,53)(H,50,58)(H,59,60)(H4,41,42,43)/t20-,21+,22+,26-,27-,28-,30-,31-,32-/m0/s1. The molecule has 0 aliphatic heterocycles. The molecule has 1 aromatic carbocycles. The molecule has 16 N–H and O–H groups in total. The minimum atomic E-state index is -1.70. The number of para-hydroxylation sites is 1. The van der Waals surface area contributed by atoms with Gasteiger partial charge in [0.2, 0.25) is 35.4 Å². The zero-order valence-electron chi connectivity index (χ0n) is 35.0. The number of amides is 6. The van der Waals surface area contributed by atoms with Gasteiger partial charge in [0.1, 0.15) is 30.2 Å². The number of benzene rings is 1. The number of carbonyl (C=O) groups is 7. The molecule has 6 amide bonds. The minimum absolute atomic E-state index is 0.0639. The van der Waals surface area contributed by atoms with E-state index in [1.807, 2.05) is 52.0 Å². The van der Waals surface area contributed by atoms with Crippen molar-refractivity contribution in [1.29, 1.82) is 0 Å². The highest BCUT2D eigenvalue weighted by Crippen LogP contribution is 2.20. The summed E-state index contributed by atoms with van der Waals surface area (Å²) in [5.74, 6) is -6.95. The van der Waals surface area contributed by atoms with Crippen LogP contribution in [-0.2, 0) is 40.0 Å². The van der Waals surface area contributed by atoms with Gasteiger partial charge in [-0.3, -0.25) is 33.8 Å². The molecule has 9 atom stereocenters. The van der Waals surface area contributed by atoms with Gasteiger partial charge >= 0.3 is 5.97 Å². The van der Waals surface area contributed by atoms with Crippen LogP contribution in [0.1, 0.15) is 72.8 Å². The fourth-order valence-corrected chi connectivity index (χ4v) is 6.08. The Morgan fingerprint density at radius 3 is 1.93 bits per heavy atom. The highest BCUT2D eigenvalue weighted by Gasteiger charge is 2.35. The predicted molar refractivity (Wildman–Crippen MR) is 222 cm³/mol. The van der Waals surface area contributed by atoms with E-state index in [9.17, 15) is 48.9 Å². The van der Waals surface area contributed by atoms with Crippen LogP contribution in [0.2, 0.25) is 0 Å². The topological polar surface area (TPSA) is 359 Å². The molecule has 0 fully saturated rings. The first kappa shape index (κ1) is 50.3. The number of rotatable bonds is 25. The van der Waals surface area contributed by atoms with Gasteiger partial charge in [0.25, 0.3) is 0 Å². The molecule has 21 nitrogen and oxygen atoms in total. The second kappa shape index (κ2) is 24.3. The quantitative estimate of drug-likeness (QED) is 0.0281. The second-order valence-electron chi connectivity index (χ2n) is 15.3. The van der Waals surface area contributed by atoms with Crippen molar-refractivity contribution in [2.24, 2.45) is 34.0 Å². The van der Waals surface area contributed by atoms with Crippen LogP contribution < -0.4 is 49.1 Å². The number of aromatic amines is 1. The maximum Gasteiger partial charge on any atom is 0.326 e. The number of nitrogens with one attached hydrogen (secondary N) is 7. The molecule has 0 saturated carbocycles. The number of nitrogens with two attached hydrogens (primary N) is 3. The molecule has 334 valence electrons. The van der Waals surface area contributed by atoms with Crippen molar-refractivity contribution >= 4 is 58.3 Å². The Hall–Kier alpha value is -5.80. The lowest BCUT2D eigenvalue weighted by Gasteiger charge is -2.27. The molecule has 0 spiro atoms. The van der Waals surface area contributed by atoms with Gasteiger partial charge in [0, 0.05) is 30.1 Å². The summed E-state index contributed by atoms with van der Waals surface area (Å²) in [5, 5.41) is 45.7. The van der Waals surface area contributed by atoms with Gasteiger partial charge in [-0.05, 0) is 56.6 Å². The van der Waals surface area contributed by atoms with Gasteiger partial charge in [-0.1, -0.05) is 52.3 Å². The van der Waals surface area contributed by atoms with E-state index in [1.165, 1.54) is 6.92 Å². The number of hydrogen-bond acceptors (Lipinski definition) is 11. The molecule has 1 aromatic heterocycles. The third-order valence-electron chi connectivity index (χ3n) is 9.76. The van der Waals surface area contributed by atoms with Crippen molar-refractivity contribution in [3.63, 3.8) is 0 Å². The summed E-state index contributed by atoms with van der Waals surface area (Å²) in [6.45, 7) is 9.06. The van der Waals surface area contributed by atoms with Crippen LogP contribution in [0.4, 0.5) is 0 Å². The summed E-state index contributed by atoms with van der Waals surface area (Å²) in [5.41, 5.74) is 18.3. The predicted octanol–water partition coefficient (Wildman–Crippen LogP) is -2.43. The fraction of sp³-hybridized carbons (Fsp3) is 0.590. The van der Waals surface area contributed by atoms with Gasteiger partial charge in [0.05, 0.1) is 24.8 Å². The normalized spacial score (nSPS) is 15.8. The molecule has 0 aliphatic carbocycles. The summed E-state index contributed by atoms with van der Waals surface area (Å²) in [6, 6.07) is -0.596. The third kappa shape index (κ3) is 16.1. The number of carboxylic acid groups (broad SMARTS) is 1. The molecule has 60 heavy (non-hydrogen) atoms. The highest BCUT2D eigenvalue weighted by atomic mass is 16.4. The number of aliphatic carboxylic acids is 1. The average molecular weight is 846 g/mol. The Bertz CT molecular complexity index is 1810. The zero-order chi connectivity index (χ0) is 45.3. The number of carboxylic acids is 1. The van der Waals surface area contributed by atoms with Gasteiger partial charge in [-0.15, -0.1) is 0 Å². The number of hydrogen-bond donors (Lipinski definition) is 13. The Morgan fingerprint density at radius 1 is 0.767 bits per heavy atom. The van der Waals surface area contributed by atoms with Crippen LogP contribution in [0.5, 0.6) is 0 Å². The Labute approximate surface area is 348 Å². The molecule has 0 unspecified atom stereocenters. The smallest absolute Gasteiger partial charge is 0.326 e. The molecule has 0 radical (unpaired) electrons. The number of aliphatic hydroxyl groups is 2. The molecule has 0 bridgehead atoms. The maximum absolute atomic E-state index is 13.9. The monoisotopic (exact) mass is 845 g/mol. The van der Waals surface area contributed by atoms with E-state index in [-0.39, 0.29) is 50.0 Å². The molecule has 0 aliphatic rings. The summed E-state index contributed by atoms with van der Waals surface area (Å²) >= 11 is 0. The van der Waals surface area contributed by atoms with Crippen LogP contribution >= 0.6 is 0 Å². The third-order valence-corrected chi connectivity index (χ3v) is 9.76. The van der Waals surface area contributed by atoms with Gasteiger partial charge in [-0.25, -0.2) is 4.79 Å². The van der Waals surface area contributed by atoms with Crippen LogP contribution in [-0.4, -0.2) is 129 Å². The molecule has 0 saturated heterocycles. The van der Waals surface area contributed by atoms with E-state index < -0.39 is 96.4 Å². The largest absolute Gasteiger partial charge is 0.480 e. The summed E-state index contributed by atoms with van der Waals surface area (Å²) in [7, 11) is 0. The van der Waals surface area contributed by atoms with E-state index in [1.54, 1.807) is 6.20 Å². The van der Waals surface area contributed by atoms with Gasteiger partial charge < -0.3 is 69.4 Å². The van der Waals surface area contributed by atoms with E-state index in [4.69, 9.17) is 17.2 Å². The van der Waals surface area contributed by atoms with E-state index >= 15 is 0 Å². The molecule has 2 aromatic rings. The second-order valence-corrected chi connectivity index (χ2v) is 15.3. The zero-order valence-corrected chi connectivity index (χ0v) is 35.0. The van der Waals surface area contributed by atoms with E-state index in [0.717, 1.165) is 23.4 Å². The number of aromatic nitrogens is 1. The Balaban J connectivity index is 2.16. The lowest BCUT2D eigenvalue weighted by atomic mass is 9.97.